The van der Waals surface area contributed by atoms with Gasteiger partial charge in [-0.3, -0.25) is 0 Å². The standard InChI is InChI=1S/C55H35N3O2/c1-4-13-36(14-5-1)39-17-12-20-43(33-39)57(44-28-30-46-45-21-10-11-22-49(45)58(50(46)35-44)41-18-8-3-9-19-41)42-26-23-37(24-27-42)40-25-29-47-52(34-40)59-51-32-31-48-54(53(47)51)60-55(56-48)38-15-6-2-7-16-38/h1-35H. The van der Waals surface area contributed by atoms with Gasteiger partial charge in [-0.15, -0.1) is 0 Å². The third kappa shape index (κ3) is 5.59. The maximum Gasteiger partial charge on any atom is 0.227 e. The normalized spacial score (nSPS) is 11.7. The molecule has 0 bridgehead atoms. The zero-order valence-electron chi connectivity index (χ0n) is 32.4. The summed E-state index contributed by atoms with van der Waals surface area (Å²) in [4.78, 5) is 7.16. The number of hydrogen-bond donors (Lipinski definition) is 0. The van der Waals surface area contributed by atoms with Gasteiger partial charge in [0.25, 0.3) is 0 Å². The van der Waals surface area contributed by atoms with Crippen molar-refractivity contribution in [1.82, 2.24) is 9.55 Å². The predicted molar refractivity (Wildman–Crippen MR) is 247 cm³/mol. The van der Waals surface area contributed by atoms with Crippen LogP contribution in [0, 0.1) is 0 Å². The van der Waals surface area contributed by atoms with Gasteiger partial charge < -0.3 is 18.3 Å². The molecule has 0 aliphatic heterocycles. The van der Waals surface area contributed by atoms with E-state index >= 15 is 0 Å². The minimum atomic E-state index is 0.600. The lowest BCUT2D eigenvalue weighted by Crippen LogP contribution is -2.10. The molecule has 60 heavy (non-hydrogen) atoms. The average Bonchev–Trinajstić information content (AvgIpc) is 4.02. The van der Waals surface area contributed by atoms with Crippen molar-refractivity contribution in [2.24, 2.45) is 0 Å². The molecule has 5 nitrogen and oxygen atoms in total. The number of nitrogens with zero attached hydrogens (tertiary/aromatic N) is 3. The molecular weight excluding hydrogens is 735 g/mol. The summed E-state index contributed by atoms with van der Waals surface area (Å²) in [5.74, 6) is 0.600. The van der Waals surface area contributed by atoms with Crippen molar-refractivity contribution in [1.29, 1.82) is 0 Å². The van der Waals surface area contributed by atoms with Gasteiger partial charge >= 0.3 is 0 Å². The number of para-hydroxylation sites is 2. The second-order valence-electron chi connectivity index (χ2n) is 15.2. The molecule has 0 N–H and O–H groups in total. The Hall–Kier alpha value is -8.15. The summed E-state index contributed by atoms with van der Waals surface area (Å²) in [5.41, 5.74) is 15.2. The molecule has 0 amide bonds. The van der Waals surface area contributed by atoms with Gasteiger partial charge in [0.15, 0.2) is 5.58 Å². The summed E-state index contributed by atoms with van der Waals surface area (Å²) < 4.78 is 15.2. The minimum absolute atomic E-state index is 0.600. The molecule has 0 fully saturated rings. The van der Waals surface area contributed by atoms with E-state index in [0.29, 0.717) is 5.89 Å². The second-order valence-corrected chi connectivity index (χ2v) is 15.2. The van der Waals surface area contributed by atoms with Crippen LogP contribution in [0.5, 0.6) is 0 Å². The van der Waals surface area contributed by atoms with E-state index in [0.717, 1.165) is 83.6 Å². The van der Waals surface area contributed by atoms with Crippen LogP contribution in [0.25, 0.3) is 94.2 Å². The highest BCUT2D eigenvalue weighted by Gasteiger charge is 2.20. The molecule has 0 atom stereocenters. The number of aromatic nitrogens is 2. The van der Waals surface area contributed by atoms with Gasteiger partial charge in [0.05, 0.1) is 16.4 Å². The van der Waals surface area contributed by atoms with Gasteiger partial charge in [0.1, 0.15) is 16.7 Å². The van der Waals surface area contributed by atoms with Crippen LogP contribution in [-0.2, 0) is 0 Å². The first-order valence-corrected chi connectivity index (χ1v) is 20.2. The largest absolute Gasteiger partial charge is 0.456 e. The zero-order chi connectivity index (χ0) is 39.6. The van der Waals surface area contributed by atoms with E-state index in [1.165, 1.54) is 21.9 Å². The number of oxazole rings is 1. The van der Waals surface area contributed by atoms with Gasteiger partial charge in [-0.05, 0) is 113 Å². The molecule has 0 radical (unpaired) electrons. The fourth-order valence-corrected chi connectivity index (χ4v) is 8.79. The highest BCUT2D eigenvalue weighted by Crippen LogP contribution is 2.42. The Morgan fingerprint density at radius 2 is 1.00 bits per heavy atom. The first-order chi connectivity index (χ1) is 29.7. The van der Waals surface area contributed by atoms with Crippen LogP contribution in [0.4, 0.5) is 17.1 Å². The lowest BCUT2D eigenvalue weighted by molar-refractivity contribution is 0.622. The monoisotopic (exact) mass is 769 g/mol. The van der Waals surface area contributed by atoms with Crippen LogP contribution in [0.1, 0.15) is 0 Å². The Balaban J connectivity index is 0.972. The number of benzene rings is 9. The minimum Gasteiger partial charge on any atom is -0.456 e. The number of anilines is 3. The molecule has 12 aromatic rings. The van der Waals surface area contributed by atoms with Crippen molar-refractivity contribution in [2.45, 2.75) is 0 Å². The Kier molecular flexibility index (Phi) is 7.78. The lowest BCUT2D eigenvalue weighted by Gasteiger charge is -2.26. The van der Waals surface area contributed by atoms with E-state index in [4.69, 9.17) is 13.8 Å². The van der Waals surface area contributed by atoms with Gasteiger partial charge in [0, 0.05) is 44.5 Å². The van der Waals surface area contributed by atoms with Crippen LogP contribution in [0.3, 0.4) is 0 Å². The molecule has 0 aliphatic rings. The molecule has 5 heteroatoms. The summed E-state index contributed by atoms with van der Waals surface area (Å²) >= 11 is 0. The van der Waals surface area contributed by atoms with Gasteiger partial charge in [-0.2, -0.15) is 0 Å². The maximum absolute atomic E-state index is 6.46. The van der Waals surface area contributed by atoms with E-state index in [1.54, 1.807) is 0 Å². The van der Waals surface area contributed by atoms with Crippen molar-refractivity contribution in [3.05, 3.63) is 212 Å². The summed E-state index contributed by atoms with van der Waals surface area (Å²) in [7, 11) is 0. The highest BCUT2D eigenvalue weighted by atomic mass is 16.4. The third-order valence-corrected chi connectivity index (χ3v) is 11.6. The lowest BCUT2D eigenvalue weighted by atomic mass is 10.0. The van der Waals surface area contributed by atoms with Gasteiger partial charge in [0.2, 0.25) is 5.89 Å². The molecule has 0 aliphatic carbocycles. The number of hydrogen-bond acceptors (Lipinski definition) is 4. The fraction of sp³-hybridized carbons (Fsp3) is 0. The van der Waals surface area contributed by atoms with Crippen molar-refractivity contribution in [2.75, 3.05) is 4.90 Å². The third-order valence-electron chi connectivity index (χ3n) is 11.6. The first kappa shape index (κ1) is 33.9. The summed E-state index contributed by atoms with van der Waals surface area (Å²) in [6.07, 6.45) is 0. The smallest absolute Gasteiger partial charge is 0.227 e. The molecule has 0 saturated carbocycles. The quantitative estimate of drug-likeness (QED) is 0.162. The summed E-state index contributed by atoms with van der Waals surface area (Å²) in [6.45, 7) is 0. The van der Waals surface area contributed by atoms with Crippen LogP contribution in [0.15, 0.2) is 221 Å². The Morgan fingerprint density at radius 3 is 1.82 bits per heavy atom. The SMILES string of the molecule is c1ccc(-c2cccc(N(c3ccc(-c4ccc5c(c4)oc4ccc6nc(-c7ccccc7)oc6c45)cc3)c3ccc4c5ccccc5n(-c5ccccc5)c4c3)c2)cc1. The summed E-state index contributed by atoms with van der Waals surface area (Å²) in [5, 5.41) is 4.39. The Morgan fingerprint density at radius 1 is 0.383 bits per heavy atom. The Bertz CT molecular complexity index is 3530. The van der Waals surface area contributed by atoms with Crippen LogP contribution in [0.2, 0.25) is 0 Å². The van der Waals surface area contributed by atoms with E-state index in [2.05, 4.69) is 179 Å². The zero-order valence-corrected chi connectivity index (χ0v) is 32.4. The Labute approximate surface area is 345 Å². The van der Waals surface area contributed by atoms with E-state index < -0.39 is 0 Å². The molecule has 12 rings (SSSR count). The molecular formula is C55H35N3O2. The topological polar surface area (TPSA) is 47.3 Å². The molecule has 9 aromatic carbocycles. The predicted octanol–water partition coefficient (Wildman–Crippen LogP) is 15.3. The molecule has 0 unspecified atom stereocenters. The fourth-order valence-electron chi connectivity index (χ4n) is 8.79. The number of furan rings is 1. The van der Waals surface area contributed by atoms with Crippen molar-refractivity contribution in [3.63, 3.8) is 0 Å². The van der Waals surface area contributed by atoms with Crippen molar-refractivity contribution in [3.8, 4) is 39.4 Å². The highest BCUT2D eigenvalue weighted by molar-refractivity contribution is 6.17. The average molecular weight is 770 g/mol. The maximum atomic E-state index is 6.46. The van der Waals surface area contributed by atoms with Crippen LogP contribution >= 0.6 is 0 Å². The van der Waals surface area contributed by atoms with Gasteiger partial charge in [-0.1, -0.05) is 121 Å². The summed E-state index contributed by atoms with van der Waals surface area (Å²) in [6, 6.07) is 74.7. The number of fused-ring (bicyclic) bond motifs is 8. The molecule has 282 valence electrons. The van der Waals surface area contributed by atoms with Crippen LogP contribution in [-0.4, -0.2) is 9.55 Å². The van der Waals surface area contributed by atoms with Gasteiger partial charge in [-0.25, -0.2) is 4.98 Å². The first-order valence-electron chi connectivity index (χ1n) is 20.2. The second kappa shape index (κ2) is 13.8. The van der Waals surface area contributed by atoms with Crippen molar-refractivity contribution < 1.29 is 8.83 Å². The molecule has 0 saturated heterocycles. The molecule has 3 aromatic heterocycles. The van der Waals surface area contributed by atoms with E-state index in [-0.39, 0.29) is 0 Å². The van der Waals surface area contributed by atoms with Crippen LogP contribution < -0.4 is 4.90 Å². The van der Waals surface area contributed by atoms with Crippen molar-refractivity contribution >= 4 is 71.9 Å². The molecule has 0 spiro atoms. The molecule has 3 heterocycles. The van der Waals surface area contributed by atoms with E-state index in [1.807, 2.05) is 42.5 Å². The number of rotatable bonds is 7. The van der Waals surface area contributed by atoms with E-state index in [9.17, 15) is 0 Å².